The summed E-state index contributed by atoms with van der Waals surface area (Å²) in [6, 6.07) is 17.6. The molecule has 1 saturated carbocycles. The predicted octanol–water partition coefficient (Wildman–Crippen LogP) is 4.51. The molecule has 1 fully saturated rings. The number of benzene rings is 2. The van der Waals surface area contributed by atoms with E-state index in [1.807, 2.05) is 47.8 Å². The van der Waals surface area contributed by atoms with Gasteiger partial charge in [-0.15, -0.1) is 11.3 Å². The van der Waals surface area contributed by atoms with Crippen LogP contribution in [-0.2, 0) is 9.59 Å². The van der Waals surface area contributed by atoms with Crippen LogP contribution in [0.25, 0.3) is 11.3 Å². The number of rotatable bonds is 5. The minimum atomic E-state index is -0.102. The minimum absolute atomic E-state index is 0.0247. The van der Waals surface area contributed by atoms with E-state index in [4.69, 9.17) is 0 Å². The van der Waals surface area contributed by atoms with E-state index in [1.165, 1.54) is 23.8 Å². The average Bonchev–Trinajstić information content (AvgIpc) is 3.35. The van der Waals surface area contributed by atoms with Crippen molar-refractivity contribution in [3.8, 4) is 11.3 Å². The van der Waals surface area contributed by atoms with Gasteiger partial charge in [-0.25, -0.2) is 4.98 Å². The Kier molecular flexibility index (Phi) is 4.73. The summed E-state index contributed by atoms with van der Waals surface area (Å²) in [5.41, 5.74) is 3.71. The van der Waals surface area contributed by atoms with Gasteiger partial charge in [0.2, 0.25) is 11.8 Å². The van der Waals surface area contributed by atoms with E-state index >= 15 is 0 Å². The number of aromatic nitrogens is 1. The lowest BCUT2D eigenvalue weighted by molar-refractivity contribution is -0.117. The summed E-state index contributed by atoms with van der Waals surface area (Å²) < 4.78 is 0. The Hall–Kier alpha value is -2.99. The molecule has 0 spiro atoms. The van der Waals surface area contributed by atoms with Crippen molar-refractivity contribution in [3.05, 3.63) is 65.5 Å². The lowest BCUT2D eigenvalue weighted by Crippen LogP contribution is -2.14. The molecule has 3 aromatic rings. The van der Waals surface area contributed by atoms with E-state index in [1.54, 1.807) is 0 Å². The van der Waals surface area contributed by atoms with Crippen LogP contribution in [0.15, 0.2) is 60.0 Å². The summed E-state index contributed by atoms with van der Waals surface area (Å²) in [6.07, 6.45) is 0.888. The number of carbonyl (C=O) groups excluding carboxylic acids is 2. The van der Waals surface area contributed by atoms with Gasteiger partial charge >= 0.3 is 0 Å². The fourth-order valence-corrected chi connectivity index (χ4v) is 3.87. The molecule has 2 aromatic carbocycles. The highest BCUT2D eigenvalue weighted by Gasteiger charge is 2.44. The third-order valence-electron chi connectivity index (χ3n) is 4.59. The van der Waals surface area contributed by atoms with Gasteiger partial charge in [-0.05, 0) is 30.0 Å². The zero-order valence-corrected chi connectivity index (χ0v) is 15.6. The van der Waals surface area contributed by atoms with Gasteiger partial charge in [0.15, 0.2) is 5.13 Å². The molecule has 0 aliphatic heterocycles. The van der Waals surface area contributed by atoms with Gasteiger partial charge < -0.3 is 10.6 Å². The molecule has 0 bridgehead atoms. The highest BCUT2D eigenvalue weighted by molar-refractivity contribution is 7.14. The molecule has 136 valence electrons. The molecule has 1 aliphatic carbocycles. The number of thiazole rings is 1. The summed E-state index contributed by atoms with van der Waals surface area (Å²) in [5.74, 6) is 0.268. The molecular weight excluding hydrogens is 358 g/mol. The third-order valence-corrected chi connectivity index (χ3v) is 5.35. The monoisotopic (exact) mass is 377 g/mol. The zero-order valence-electron chi connectivity index (χ0n) is 14.8. The topological polar surface area (TPSA) is 71.1 Å². The van der Waals surface area contributed by atoms with Crippen molar-refractivity contribution >= 4 is 34.0 Å². The van der Waals surface area contributed by atoms with Gasteiger partial charge in [0.05, 0.1) is 5.69 Å². The van der Waals surface area contributed by atoms with Crippen molar-refractivity contribution in [2.24, 2.45) is 5.92 Å². The van der Waals surface area contributed by atoms with Crippen molar-refractivity contribution in [2.75, 3.05) is 10.6 Å². The van der Waals surface area contributed by atoms with Crippen LogP contribution in [0.5, 0.6) is 0 Å². The fourth-order valence-electron chi connectivity index (χ4n) is 3.14. The predicted molar refractivity (Wildman–Crippen MR) is 108 cm³/mol. The molecule has 6 heteroatoms. The molecule has 4 rings (SSSR count). The molecule has 0 radical (unpaired) electrons. The van der Waals surface area contributed by atoms with Crippen LogP contribution >= 0.6 is 11.3 Å². The molecule has 27 heavy (non-hydrogen) atoms. The van der Waals surface area contributed by atoms with Crippen LogP contribution < -0.4 is 10.6 Å². The summed E-state index contributed by atoms with van der Waals surface area (Å²) in [5, 5.41) is 8.21. The summed E-state index contributed by atoms with van der Waals surface area (Å²) in [4.78, 5) is 28.1. The molecule has 1 aliphatic rings. The molecule has 1 aromatic heterocycles. The first-order chi connectivity index (χ1) is 13.1. The number of hydrogen-bond acceptors (Lipinski definition) is 4. The van der Waals surface area contributed by atoms with Crippen LogP contribution in [-0.4, -0.2) is 16.8 Å². The van der Waals surface area contributed by atoms with Gasteiger partial charge in [-0.1, -0.05) is 42.5 Å². The summed E-state index contributed by atoms with van der Waals surface area (Å²) >= 11 is 1.42. The number of amides is 2. The van der Waals surface area contributed by atoms with Gasteiger partial charge in [-0.2, -0.15) is 0 Å². The maximum Gasteiger partial charge on any atom is 0.229 e. The third kappa shape index (κ3) is 4.06. The highest BCUT2D eigenvalue weighted by Crippen LogP contribution is 2.48. The van der Waals surface area contributed by atoms with Crippen LogP contribution in [0.4, 0.5) is 10.8 Å². The number of carbonyl (C=O) groups is 2. The minimum Gasteiger partial charge on any atom is -0.326 e. The molecular formula is C21H19N3O2S. The standard InChI is InChI=1S/C21H19N3O2S/c1-13(25)22-16-9-7-15(8-10-16)19-12-27-21(23-19)24-20(26)18-11-17(18)14-5-3-2-4-6-14/h2-10,12,17-18H,11H2,1H3,(H,22,25)(H,23,24,26)/t17-,18-/m1/s1. The normalized spacial score (nSPS) is 18.0. The van der Waals surface area contributed by atoms with E-state index in [2.05, 4.69) is 27.8 Å². The largest absolute Gasteiger partial charge is 0.326 e. The maximum absolute atomic E-state index is 12.5. The second kappa shape index (κ2) is 7.32. The molecule has 2 amide bonds. The highest BCUT2D eigenvalue weighted by atomic mass is 32.1. The van der Waals surface area contributed by atoms with Gasteiger partial charge in [0.1, 0.15) is 0 Å². The second-order valence-electron chi connectivity index (χ2n) is 6.65. The first-order valence-electron chi connectivity index (χ1n) is 8.79. The van der Waals surface area contributed by atoms with Crippen molar-refractivity contribution in [1.82, 2.24) is 4.98 Å². The first kappa shape index (κ1) is 17.4. The molecule has 2 N–H and O–H groups in total. The summed E-state index contributed by atoms with van der Waals surface area (Å²) in [6.45, 7) is 1.48. The number of nitrogens with zero attached hydrogens (tertiary/aromatic N) is 1. The van der Waals surface area contributed by atoms with Crippen LogP contribution in [0, 0.1) is 5.92 Å². The lowest BCUT2D eigenvalue weighted by atomic mass is 10.1. The molecule has 0 unspecified atom stereocenters. The quantitative estimate of drug-likeness (QED) is 0.687. The van der Waals surface area contributed by atoms with Crippen LogP contribution in [0.2, 0.25) is 0 Å². The van der Waals surface area contributed by atoms with E-state index in [0.717, 1.165) is 23.4 Å². The lowest BCUT2D eigenvalue weighted by Gasteiger charge is -2.03. The van der Waals surface area contributed by atoms with Crippen molar-refractivity contribution in [3.63, 3.8) is 0 Å². The van der Waals surface area contributed by atoms with Gasteiger partial charge in [0, 0.05) is 29.5 Å². The molecule has 2 atom stereocenters. The number of hydrogen-bond donors (Lipinski definition) is 2. The first-order valence-corrected chi connectivity index (χ1v) is 9.67. The van der Waals surface area contributed by atoms with Crippen molar-refractivity contribution in [1.29, 1.82) is 0 Å². The summed E-state index contributed by atoms with van der Waals surface area (Å²) in [7, 11) is 0. The Morgan fingerprint density at radius 3 is 2.48 bits per heavy atom. The van der Waals surface area contributed by atoms with E-state index in [0.29, 0.717) is 11.0 Å². The second-order valence-corrected chi connectivity index (χ2v) is 7.50. The van der Waals surface area contributed by atoms with Crippen LogP contribution in [0.1, 0.15) is 24.8 Å². The zero-order chi connectivity index (χ0) is 18.8. The van der Waals surface area contributed by atoms with Gasteiger partial charge in [0.25, 0.3) is 0 Å². The maximum atomic E-state index is 12.5. The Bertz CT molecular complexity index is 967. The van der Waals surface area contributed by atoms with Crippen LogP contribution in [0.3, 0.4) is 0 Å². The number of anilines is 2. The van der Waals surface area contributed by atoms with E-state index < -0.39 is 0 Å². The van der Waals surface area contributed by atoms with Crippen molar-refractivity contribution in [2.45, 2.75) is 19.3 Å². The van der Waals surface area contributed by atoms with Gasteiger partial charge in [-0.3, -0.25) is 9.59 Å². The Morgan fingerprint density at radius 1 is 1.04 bits per heavy atom. The van der Waals surface area contributed by atoms with Crippen molar-refractivity contribution < 1.29 is 9.59 Å². The van der Waals surface area contributed by atoms with E-state index in [-0.39, 0.29) is 17.7 Å². The fraction of sp³-hybridized carbons (Fsp3) is 0.190. The molecule has 0 saturated heterocycles. The average molecular weight is 377 g/mol. The SMILES string of the molecule is CC(=O)Nc1ccc(-c2csc(NC(=O)[C@@H]3C[C@@H]3c3ccccc3)n2)cc1. The smallest absolute Gasteiger partial charge is 0.229 e. The Balaban J connectivity index is 1.38. The Labute approximate surface area is 161 Å². The number of nitrogens with one attached hydrogen (secondary N) is 2. The Morgan fingerprint density at radius 2 is 1.78 bits per heavy atom. The van der Waals surface area contributed by atoms with E-state index in [9.17, 15) is 9.59 Å². The molecule has 5 nitrogen and oxygen atoms in total. The molecule has 1 heterocycles.